The Morgan fingerprint density at radius 1 is 1.11 bits per heavy atom. The van der Waals surface area contributed by atoms with Gasteiger partial charge < -0.3 is 5.32 Å². The molecule has 0 aliphatic rings. The van der Waals surface area contributed by atoms with E-state index in [2.05, 4.69) is 25.2 Å². The fourth-order valence-corrected chi connectivity index (χ4v) is 2.34. The van der Waals surface area contributed by atoms with E-state index >= 15 is 0 Å². The molecule has 0 amide bonds. The molecule has 0 saturated carbocycles. The molecule has 0 radical (unpaired) electrons. The lowest BCUT2D eigenvalue weighted by atomic mass is 10.0. The highest BCUT2D eigenvalue weighted by Crippen LogP contribution is 2.13. The van der Waals surface area contributed by atoms with Crippen LogP contribution >= 0.6 is 0 Å². The zero-order valence-corrected chi connectivity index (χ0v) is 11.9. The molecule has 0 spiro atoms. The van der Waals surface area contributed by atoms with Gasteiger partial charge in [0.15, 0.2) is 0 Å². The van der Waals surface area contributed by atoms with Crippen LogP contribution in [0.5, 0.6) is 0 Å². The van der Waals surface area contributed by atoms with Crippen LogP contribution in [0.25, 0.3) is 0 Å². The Labute approximate surface area is 111 Å². The fourth-order valence-electron chi connectivity index (χ4n) is 2.34. The predicted octanol–water partition coefficient (Wildman–Crippen LogP) is 4.24. The molecule has 0 aliphatic heterocycles. The predicted molar refractivity (Wildman–Crippen MR) is 76.4 cm³/mol. The SMILES string of the molecule is CCCNC(CCC)CCc1cc(C)cc(F)c1. The summed E-state index contributed by atoms with van der Waals surface area (Å²) in [6.07, 6.45) is 5.62. The van der Waals surface area contributed by atoms with Crippen molar-refractivity contribution < 1.29 is 4.39 Å². The molecule has 1 rings (SSSR count). The van der Waals surface area contributed by atoms with E-state index in [-0.39, 0.29) is 5.82 Å². The topological polar surface area (TPSA) is 12.0 Å². The lowest BCUT2D eigenvalue weighted by Crippen LogP contribution is -2.30. The van der Waals surface area contributed by atoms with Gasteiger partial charge in [-0.15, -0.1) is 0 Å². The van der Waals surface area contributed by atoms with Crippen molar-refractivity contribution in [2.45, 2.75) is 58.9 Å². The van der Waals surface area contributed by atoms with Gasteiger partial charge in [0.1, 0.15) is 5.82 Å². The third-order valence-corrected chi connectivity index (χ3v) is 3.20. The summed E-state index contributed by atoms with van der Waals surface area (Å²) in [6.45, 7) is 7.43. The summed E-state index contributed by atoms with van der Waals surface area (Å²) in [6, 6.07) is 5.91. The van der Waals surface area contributed by atoms with Gasteiger partial charge in [0.05, 0.1) is 0 Å². The van der Waals surface area contributed by atoms with E-state index in [9.17, 15) is 4.39 Å². The van der Waals surface area contributed by atoms with Gasteiger partial charge in [-0.1, -0.05) is 26.3 Å². The largest absolute Gasteiger partial charge is 0.314 e. The number of halogens is 1. The molecule has 102 valence electrons. The number of benzene rings is 1. The number of rotatable bonds is 8. The van der Waals surface area contributed by atoms with Crippen LogP contribution in [0.3, 0.4) is 0 Å². The molecule has 1 unspecified atom stereocenters. The third kappa shape index (κ3) is 5.63. The summed E-state index contributed by atoms with van der Waals surface area (Å²) >= 11 is 0. The minimum absolute atomic E-state index is 0.112. The molecular formula is C16H26FN. The van der Waals surface area contributed by atoms with Crippen molar-refractivity contribution in [1.82, 2.24) is 5.32 Å². The number of hydrogen-bond donors (Lipinski definition) is 1. The van der Waals surface area contributed by atoms with E-state index in [1.807, 2.05) is 6.92 Å². The van der Waals surface area contributed by atoms with Crippen LogP contribution in [-0.4, -0.2) is 12.6 Å². The first-order valence-corrected chi connectivity index (χ1v) is 7.15. The molecule has 18 heavy (non-hydrogen) atoms. The van der Waals surface area contributed by atoms with Crippen molar-refractivity contribution >= 4 is 0 Å². The van der Waals surface area contributed by atoms with Crippen molar-refractivity contribution in [3.05, 3.63) is 35.1 Å². The zero-order chi connectivity index (χ0) is 13.4. The monoisotopic (exact) mass is 251 g/mol. The van der Waals surface area contributed by atoms with Crippen LogP contribution in [0.4, 0.5) is 4.39 Å². The second kappa shape index (κ2) is 8.25. The third-order valence-electron chi connectivity index (χ3n) is 3.20. The fraction of sp³-hybridized carbons (Fsp3) is 0.625. The van der Waals surface area contributed by atoms with Gasteiger partial charge in [0.2, 0.25) is 0 Å². The molecule has 1 atom stereocenters. The van der Waals surface area contributed by atoms with Gasteiger partial charge in [-0.2, -0.15) is 0 Å². The summed E-state index contributed by atoms with van der Waals surface area (Å²) in [7, 11) is 0. The first kappa shape index (κ1) is 15.2. The number of hydrogen-bond acceptors (Lipinski definition) is 1. The van der Waals surface area contributed by atoms with Crippen molar-refractivity contribution in [1.29, 1.82) is 0 Å². The van der Waals surface area contributed by atoms with E-state index in [0.29, 0.717) is 6.04 Å². The molecule has 2 heteroatoms. The smallest absolute Gasteiger partial charge is 0.123 e. The van der Waals surface area contributed by atoms with Crippen molar-refractivity contribution in [3.63, 3.8) is 0 Å². The van der Waals surface area contributed by atoms with E-state index in [1.54, 1.807) is 12.1 Å². The van der Waals surface area contributed by atoms with Crippen molar-refractivity contribution in [2.24, 2.45) is 0 Å². The van der Waals surface area contributed by atoms with E-state index < -0.39 is 0 Å². The van der Waals surface area contributed by atoms with Crippen molar-refractivity contribution in [2.75, 3.05) is 6.54 Å². The minimum Gasteiger partial charge on any atom is -0.314 e. The maximum atomic E-state index is 13.3. The van der Waals surface area contributed by atoms with Crippen LogP contribution in [0, 0.1) is 12.7 Å². The van der Waals surface area contributed by atoms with E-state index in [0.717, 1.165) is 30.5 Å². The maximum absolute atomic E-state index is 13.3. The summed E-state index contributed by atoms with van der Waals surface area (Å²) in [5, 5.41) is 3.58. The Morgan fingerprint density at radius 3 is 2.50 bits per heavy atom. The van der Waals surface area contributed by atoms with Crippen LogP contribution in [0.2, 0.25) is 0 Å². The second-order valence-corrected chi connectivity index (χ2v) is 5.12. The molecule has 0 saturated heterocycles. The number of aryl methyl sites for hydroxylation is 2. The van der Waals surface area contributed by atoms with Gasteiger partial charge in [-0.3, -0.25) is 0 Å². The van der Waals surface area contributed by atoms with Gasteiger partial charge in [0, 0.05) is 6.04 Å². The maximum Gasteiger partial charge on any atom is 0.123 e. The normalized spacial score (nSPS) is 12.7. The number of nitrogens with one attached hydrogen (secondary N) is 1. The molecule has 0 aliphatic carbocycles. The highest BCUT2D eigenvalue weighted by molar-refractivity contribution is 5.23. The standard InChI is InChI=1S/C16H26FN/c1-4-6-16(18-9-5-2)8-7-14-10-13(3)11-15(17)12-14/h10-12,16,18H,4-9H2,1-3H3. The van der Waals surface area contributed by atoms with Crippen LogP contribution in [-0.2, 0) is 6.42 Å². The Bertz CT molecular complexity index is 329. The molecule has 1 nitrogen and oxygen atoms in total. The van der Waals surface area contributed by atoms with Crippen molar-refractivity contribution in [3.8, 4) is 0 Å². The molecule has 1 aromatic carbocycles. The first-order valence-electron chi connectivity index (χ1n) is 7.15. The average Bonchev–Trinajstić information content (AvgIpc) is 2.31. The molecule has 0 fully saturated rings. The molecule has 0 bridgehead atoms. The molecule has 0 heterocycles. The molecule has 0 aromatic heterocycles. The summed E-state index contributed by atoms with van der Waals surface area (Å²) in [5.41, 5.74) is 2.13. The molecule has 1 aromatic rings. The van der Waals surface area contributed by atoms with Gasteiger partial charge in [-0.25, -0.2) is 4.39 Å². The Morgan fingerprint density at radius 2 is 1.89 bits per heavy atom. The lowest BCUT2D eigenvalue weighted by Gasteiger charge is -2.17. The quantitative estimate of drug-likeness (QED) is 0.729. The van der Waals surface area contributed by atoms with Crippen LogP contribution in [0.1, 0.15) is 50.7 Å². The van der Waals surface area contributed by atoms with Gasteiger partial charge in [0.25, 0.3) is 0 Å². The molecule has 1 N–H and O–H groups in total. The first-order chi connectivity index (χ1) is 8.65. The Balaban J connectivity index is 2.49. The van der Waals surface area contributed by atoms with E-state index in [1.165, 1.54) is 19.3 Å². The summed E-state index contributed by atoms with van der Waals surface area (Å²) in [4.78, 5) is 0. The van der Waals surface area contributed by atoms with E-state index in [4.69, 9.17) is 0 Å². The van der Waals surface area contributed by atoms with Crippen LogP contribution in [0.15, 0.2) is 18.2 Å². The van der Waals surface area contributed by atoms with Crippen LogP contribution < -0.4 is 5.32 Å². The molecular weight excluding hydrogens is 225 g/mol. The highest BCUT2D eigenvalue weighted by Gasteiger charge is 2.07. The summed E-state index contributed by atoms with van der Waals surface area (Å²) < 4.78 is 13.3. The Kier molecular flexibility index (Phi) is 6.96. The zero-order valence-electron chi connectivity index (χ0n) is 11.9. The van der Waals surface area contributed by atoms with Gasteiger partial charge in [-0.05, 0) is 62.4 Å². The highest BCUT2D eigenvalue weighted by atomic mass is 19.1. The Hall–Kier alpha value is -0.890. The average molecular weight is 251 g/mol. The minimum atomic E-state index is -0.112. The van der Waals surface area contributed by atoms with Gasteiger partial charge >= 0.3 is 0 Å². The lowest BCUT2D eigenvalue weighted by molar-refractivity contribution is 0.448. The second-order valence-electron chi connectivity index (χ2n) is 5.12. The summed E-state index contributed by atoms with van der Waals surface area (Å²) in [5.74, 6) is -0.112.